The second-order valence-electron chi connectivity index (χ2n) is 7.90. The highest BCUT2D eigenvalue weighted by Crippen LogP contribution is 2.44. The lowest BCUT2D eigenvalue weighted by Crippen LogP contribution is -2.25. The van der Waals surface area contributed by atoms with Gasteiger partial charge in [0.2, 0.25) is 0 Å². The molecule has 0 saturated heterocycles. The summed E-state index contributed by atoms with van der Waals surface area (Å²) in [5.41, 5.74) is 5.15. The normalized spacial score (nSPS) is 11.9. The first-order chi connectivity index (χ1) is 16.4. The molecule has 0 heterocycles. The Bertz CT molecular complexity index is 1200. The number of halogens is 1. The van der Waals surface area contributed by atoms with Gasteiger partial charge in [-0.15, -0.1) is 0 Å². The number of carboxylic acids is 1. The monoisotopic (exact) mass is 478 g/mol. The molecule has 0 radical (unpaired) electrons. The van der Waals surface area contributed by atoms with Gasteiger partial charge < -0.3 is 15.2 Å². The molecule has 4 rings (SSSR count). The molecule has 0 saturated carbocycles. The van der Waals surface area contributed by atoms with Gasteiger partial charge in [-0.2, -0.15) is 0 Å². The van der Waals surface area contributed by atoms with E-state index in [1.165, 1.54) is 18.2 Å². The van der Waals surface area contributed by atoms with Crippen LogP contribution < -0.4 is 10.6 Å². The van der Waals surface area contributed by atoms with E-state index in [1.54, 1.807) is 0 Å². The fourth-order valence-electron chi connectivity index (χ4n) is 4.05. The molecular formula is C26H23ClN2O5. The summed E-state index contributed by atoms with van der Waals surface area (Å²) in [5.74, 6) is -1.35. The number of anilines is 1. The molecular weight excluding hydrogens is 456 g/mol. The van der Waals surface area contributed by atoms with Crippen LogP contribution in [0.1, 0.15) is 40.2 Å². The zero-order chi connectivity index (χ0) is 24.1. The molecule has 174 valence electrons. The summed E-state index contributed by atoms with van der Waals surface area (Å²) < 4.78 is 5.53. The molecule has 0 atom stereocenters. The predicted molar refractivity (Wildman–Crippen MR) is 129 cm³/mol. The summed E-state index contributed by atoms with van der Waals surface area (Å²) in [6.07, 6.45) is -0.338. The first kappa shape index (κ1) is 23.3. The van der Waals surface area contributed by atoms with Gasteiger partial charge in [0.05, 0.1) is 10.7 Å². The van der Waals surface area contributed by atoms with E-state index in [9.17, 15) is 14.4 Å². The Labute approximate surface area is 201 Å². The lowest BCUT2D eigenvalue weighted by Gasteiger charge is -2.15. The van der Waals surface area contributed by atoms with Crippen molar-refractivity contribution < 1.29 is 24.2 Å². The average Bonchev–Trinajstić information content (AvgIpc) is 3.15. The van der Waals surface area contributed by atoms with Crippen LogP contribution in [-0.2, 0) is 9.53 Å². The number of carbonyl (C=O) groups is 3. The van der Waals surface area contributed by atoms with Gasteiger partial charge in [-0.1, -0.05) is 60.1 Å². The molecule has 0 bridgehead atoms. The Morgan fingerprint density at radius 3 is 2.21 bits per heavy atom. The summed E-state index contributed by atoms with van der Waals surface area (Å²) in [4.78, 5) is 35.2. The highest BCUT2D eigenvalue weighted by molar-refractivity contribution is 6.34. The number of rotatable bonds is 8. The van der Waals surface area contributed by atoms with Crippen molar-refractivity contribution in [2.45, 2.75) is 18.8 Å². The maximum Gasteiger partial charge on any atom is 0.411 e. The molecule has 34 heavy (non-hydrogen) atoms. The number of hydrogen-bond acceptors (Lipinski definition) is 4. The average molecular weight is 479 g/mol. The predicted octanol–water partition coefficient (Wildman–Crippen LogP) is 5.30. The third-order valence-corrected chi connectivity index (χ3v) is 5.98. The number of fused-ring (bicyclic) bond motifs is 3. The second-order valence-corrected chi connectivity index (χ2v) is 8.31. The zero-order valence-corrected chi connectivity index (χ0v) is 19.0. The smallest absolute Gasteiger partial charge is 0.411 e. The molecule has 7 nitrogen and oxygen atoms in total. The summed E-state index contributed by atoms with van der Waals surface area (Å²) in [7, 11) is 0. The molecule has 1 aliphatic rings. The SMILES string of the molecule is O=C(O)CCCNC(=O)c1ccc(NC(=O)OCC2c3ccccc3-c3ccccc32)c(Cl)c1. The van der Waals surface area contributed by atoms with Crippen molar-refractivity contribution >= 4 is 35.3 Å². The van der Waals surface area contributed by atoms with Crippen LogP contribution in [0.25, 0.3) is 11.1 Å². The number of ether oxygens (including phenoxy) is 1. The summed E-state index contributed by atoms with van der Waals surface area (Å²) in [5, 5.41) is 14.1. The van der Waals surface area contributed by atoms with Gasteiger partial charge >= 0.3 is 12.1 Å². The number of carbonyl (C=O) groups excluding carboxylic acids is 2. The zero-order valence-electron chi connectivity index (χ0n) is 18.2. The molecule has 0 fully saturated rings. The minimum Gasteiger partial charge on any atom is -0.481 e. The first-order valence-corrected chi connectivity index (χ1v) is 11.2. The Hall–Kier alpha value is -3.84. The molecule has 2 amide bonds. The van der Waals surface area contributed by atoms with E-state index in [1.807, 2.05) is 36.4 Å². The van der Waals surface area contributed by atoms with Crippen LogP contribution >= 0.6 is 11.6 Å². The van der Waals surface area contributed by atoms with Crippen LogP contribution in [0.4, 0.5) is 10.5 Å². The van der Waals surface area contributed by atoms with E-state index >= 15 is 0 Å². The van der Waals surface area contributed by atoms with Crippen molar-refractivity contribution in [2.24, 2.45) is 0 Å². The fraction of sp³-hybridized carbons (Fsp3) is 0.192. The molecule has 8 heteroatoms. The lowest BCUT2D eigenvalue weighted by molar-refractivity contribution is -0.137. The van der Waals surface area contributed by atoms with Crippen molar-refractivity contribution in [3.05, 3.63) is 88.4 Å². The Balaban J connectivity index is 1.35. The van der Waals surface area contributed by atoms with Crippen LogP contribution in [0.2, 0.25) is 5.02 Å². The summed E-state index contributed by atoms with van der Waals surface area (Å²) in [6, 6.07) is 20.6. The standard InChI is InChI=1S/C26H23ClN2O5/c27-22-14-16(25(32)28-13-5-10-24(30)31)11-12-23(22)29-26(33)34-15-21-19-8-3-1-6-17(19)18-7-2-4-9-20(18)21/h1-4,6-9,11-12,14,21H,5,10,13,15H2,(H,28,32)(H,29,33)(H,30,31). The Kier molecular flexibility index (Phi) is 7.13. The number of carboxylic acid groups (broad SMARTS) is 1. The van der Waals surface area contributed by atoms with Gasteiger partial charge in [-0.25, -0.2) is 4.79 Å². The van der Waals surface area contributed by atoms with E-state index in [4.69, 9.17) is 21.4 Å². The Morgan fingerprint density at radius 1 is 0.941 bits per heavy atom. The molecule has 0 aromatic heterocycles. The number of aliphatic carboxylic acids is 1. The Morgan fingerprint density at radius 2 is 1.59 bits per heavy atom. The summed E-state index contributed by atoms with van der Waals surface area (Å²) in [6.45, 7) is 0.414. The van der Waals surface area contributed by atoms with E-state index in [0.717, 1.165) is 22.3 Å². The number of nitrogens with one attached hydrogen (secondary N) is 2. The second kappa shape index (κ2) is 10.4. The summed E-state index contributed by atoms with van der Waals surface area (Å²) >= 11 is 6.25. The van der Waals surface area contributed by atoms with Crippen LogP contribution in [0.15, 0.2) is 66.7 Å². The molecule has 3 N–H and O–H groups in total. The maximum atomic E-state index is 12.5. The van der Waals surface area contributed by atoms with Crippen molar-refractivity contribution in [1.82, 2.24) is 5.32 Å². The highest BCUT2D eigenvalue weighted by Gasteiger charge is 2.29. The van der Waals surface area contributed by atoms with E-state index in [0.29, 0.717) is 17.7 Å². The molecule has 3 aromatic rings. The maximum absolute atomic E-state index is 12.5. The largest absolute Gasteiger partial charge is 0.481 e. The minimum atomic E-state index is -0.916. The molecule has 0 aliphatic heterocycles. The van der Waals surface area contributed by atoms with Gasteiger partial charge in [-0.05, 0) is 46.9 Å². The van der Waals surface area contributed by atoms with Crippen LogP contribution in [-0.4, -0.2) is 36.2 Å². The van der Waals surface area contributed by atoms with E-state index in [2.05, 4.69) is 22.8 Å². The number of benzene rings is 3. The van der Waals surface area contributed by atoms with Crippen LogP contribution in [0.5, 0.6) is 0 Å². The fourth-order valence-corrected chi connectivity index (χ4v) is 4.27. The quantitative estimate of drug-likeness (QED) is 0.381. The van der Waals surface area contributed by atoms with Crippen molar-refractivity contribution in [2.75, 3.05) is 18.5 Å². The van der Waals surface area contributed by atoms with Gasteiger partial charge in [0.25, 0.3) is 5.91 Å². The van der Waals surface area contributed by atoms with Crippen molar-refractivity contribution in [3.63, 3.8) is 0 Å². The van der Waals surface area contributed by atoms with Crippen LogP contribution in [0, 0.1) is 0 Å². The number of hydrogen-bond donors (Lipinski definition) is 3. The van der Waals surface area contributed by atoms with E-state index < -0.39 is 12.1 Å². The molecule has 0 unspecified atom stereocenters. The van der Waals surface area contributed by atoms with Gasteiger partial charge in [0, 0.05) is 24.4 Å². The van der Waals surface area contributed by atoms with Gasteiger partial charge in [0.1, 0.15) is 6.61 Å². The number of amides is 2. The third-order valence-electron chi connectivity index (χ3n) is 5.66. The van der Waals surface area contributed by atoms with E-state index in [-0.39, 0.29) is 36.4 Å². The minimum absolute atomic E-state index is 0.0238. The van der Waals surface area contributed by atoms with Crippen molar-refractivity contribution in [1.29, 1.82) is 0 Å². The lowest BCUT2D eigenvalue weighted by atomic mass is 9.98. The third kappa shape index (κ3) is 5.21. The molecule has 0 spiro atoms. The van der Waals surface area contributed by atoms with Gasteiger partial charge in [-0.3, -0.25) is 14.9 Å². The van der Waals surface area contributed by atoms with Crippen molar-refractivity contribution in [3.8, 4) is 11.1 Å². The van der Waals surface area contributed by atoms with Gasteiger partial charge in [0.15, 0.2) is 0 Å². The molecule has 3 aromatic carbocycles. The van der Waals surface area contributed by atoms with Crippen LogP contribution in [0.3, 0.4) is 0 Å². The first-order valence-electron chi connectivity index (χ1n) is 10.9. The molecule has 1 aliphatic carbocycles. The highest BCUT2D eigenvalue weighted by atomic mass is 35.5. The topological polar surface area (TPSA) is 105 Å².